The lowest BCUT2D eigenvalue weighted by Crippen LogP contribution is -1.91. The quantitative estimate of drug-likeness (QED) is 0.648. The van der Waals surface area contributed by atoms with Gasteiger partial charge in [-0.1, -0.05) is 13.8 Å². The normalized spacial score (nSPS) is 9.42. The first-order valence-electron chi connectivity index (χ1n) is 4.25. The molecule has 12 heavy (non-hydrogen) atoms. The summed E-state index contributed by atoms with van der Waals surface area (Å²) >= 11 is 0. The van der Waals surface area contributed by atoms with Crippen molar-refractivity contribution in [1.82, 2.24) is 0 Å². The Morgan fingerprint density at radius 3 is 2.50 bits per heavy atom. The molecule has 0 bridgehead atoms. The third-order valence-electron chi connectivity index (χ3n) is 2.02. The molecule has 61 valence electrons. The van der Waals surface area contributed by atoms with Gasteiger partial charge in [0.15, 0.2) is 0 Å². The largest absolute Gasteiger partial charge is 0.192 e. The molecule has 0 atom stereocenters. The zero-order valence-corrected chi connectivity index (χ0v) is 7.52. The average molecular weight is 158 g/mol. The van der Waals surface area contributed by atoms with Crippen LogP contribution in [0.2, 0.25) is 0 Å². The SMILES string of the molecule is CCc1c[c]c(C#N)cc1CC. The second-order valence-corrected chi connectivity index (χ2v) is 2.72. The number of nitriles is 1. The number of hydrogen-bond donors (Lipinski definition) is 0. The first kappa shape index (κ1) is 8.80. The van der Waals surface area contributed by atoms with E-state index < -0.39 is 0 Å². The van der Waals surface area contributed by atoms with Gasteiger partial charge in [-0.2, -0.15) is 5.26 Å². The molecule has 0 saturated heterocycles. The van der Waals surface area contributed by atoms with E-state index in [1.165, 1.54) is 11.1 Å². The highest BCUT2D eigenvalue weighted by Crippen LogP contribution is 2.12. The van der Waals surface area contributed by atoms with E-state index in [2.05, 4.69) is 26.0 Å². The molecule has 1 radical (unpaired) electrons. The molecule has 1 nitrogen and oxygen atoms in total. The summed E-state index contributed by atoms with van der Waals surface area (Å²) in [5.74, 6) is 0. The monoisotopic (exact) mass is 158 g/mol. The molecule has 1 rings (SSSR count). The lowest BCUT2D eigenvalue weighted by Gasteiger charge is -2.04. The van der Waals surface area contributed by atoms with E-state index in [0.717, 1.165) is 12.8 Å². The fourth-order valence-electron chi connectivity index (χ4n) is 1.29. The number of nitrogens with zero attached hydrogens (tertiary/aromatic N) is 1. The van der Waals surface area contributed by atoms with Gasteiger partial charge in [-0.05, 0) is 36.1 Å². The first-order valence-corrected chi connectivity index (χ1v) is 4.25. The van der Waals surface area contributed by atoms with Gasteiger partial charge in [0.25, 0.3) is 0 Å². The lowest BCUT2D eigenvalue weighted by molar-refractivity contribution is 1.03. The van der Waals surface area contributed by atoms with Gasteiger partial charge in [-0.25, -0.2) is 0 Å². The molecule has 0 aliphatic heterocycles. The lowest BCUT2D eigenvalue weighted by atomic mass is 10.0. The Labute approximate surface area is 73.6 Å². The van der Waals surface area contributed by atoms with E-state index >= 15 is 0 Å². The maximum Gasteiger partial charge on any atom is 0.0998 e. The molecule has 0 heterocycles. The van der Waals surface area contributed by atoms with Crippen molar-refractivity contribution in [3.05, 3.63) is 34.9 Å². The Hall–Kier alpha value is -1.29. The van der Waals surface area contributed by atoms with Crippen molar-refractivity contribution < 1.29 is 0 Å². The second-order valence-electron chi connectivity index (χ2n) is 2.72. The van der Waals surface area contributed by atoms with Crippen molar-refractivity contribution in [1.29, 1.82) is 5.26 Å². The van der Waals surface area contributed by atoms with Crippen molar-refractivity contribution in [2.75, 3.05) is 0 Å². The van der Waals surface area contributed by atoms with Crippen LogP contribution >= 0.6 is 0 Å². The van der Waals surface area contributed by atoms with E-state index in [-0.39, 0.29) is 0 Å². The van der Waals surface area contributed by atoms with Crippen LogP contribution in [0, 0.1) is 17.4 Å². The van der Waals surface area contributed by atoms with Crippen LogP contribution in [0.3, 0.4) is 0 Å². The number of benzene rings is 1. The minimum absolute atomic E-state index is 0.643. The Morgan fingerprint density at radius 2 is 2.00 bits per heavy atom. The van der Waals surface area contributed by atoms with Crippen LogP contribution in [-0.4, -0.2) is 0 Å². The third-order valence-corrected chi connectivity index (χ3v) is 2.02. The summed E-state index contributed by atoms with van der Waals surface area (Å²) < 4.78 is 0. The Balaban J connectivity index is 3.13. The Kier molecular flexibility index (Phi) is 2.88. The molecule has 0 aromatic heterocycles. The molecule has 0 N–H and O–H groups in total. The second kappa shape index (κ2) is 3.92. The average Bonchev–Trinajstić information content (AvgIpc) is 2.16. The van der Waals surface area contributed by atoms with Crippen LogP contribution in [0.15, 0.2) is 12.1 Å². The highest BCUT2D eigenvalue weighted by Gasteiger charge is 1.99. The van der Waals surface area contributed by atoms with Crippen molar-refractivity contribution in [2.24, 2.45) is 0 Å². The van der Waals surface area contributed by atoms with Gasteiger partial charge in [0.05, 0.1) is 11.6 Å². The highest BCUT2D eigenvalue weighted by molar-refractivity contribution is 5.37. The summed E-state index contributed by atoms with van der Waals surface area (Å²) in [5, 5.41) is 8.64. The molecule has 0 unspecified atom stereocenters. The van der Waals surface area contributed by atoms with Crippen LogP contribution in [0.5, 0.6) is 0 Å². The van der Waals surface area contributed by atoms with Gasteiger partial charge < -0.3 is 0 Å². The fraction of sp³-hybridized carbons (Fsp3) is 0.364. The van der Waals surface area contributed by atoms with E-state index in [0.29, 0.717) is 5.56 Å². The summed E-state index contributed by atoms with van der Waals surface area (Å²) in [5.41, 5.74) is 3.22. The van der Waals surface area contributed by atoms with Gasteiger partial charge in [-0.3, -0.25) is 0 Å². The van der Waals surface area contributed by atoms with E-state index in [1.807, 2.05) is 12.1 Å². The molecule has 0 spiro atoms. The fourth-order valence-corrected chi connectivity index (χ4v) is 1.29. The topological polar surface area (TPSA) is 23.8 Å². The number of hydrogen-bond acceptors (Lipinski definition) is 1. The smallest absolute Gasteiger partial charge is 0.0998 e. The molecular weight excluding hydrogens is 146 g/mol. The molecule has 1 aromatic rings. The number of rotatable bonds is 2. The van der Waals surface area contributed by atoms with E-state index in [1.54, 1.807) is 0 Å². The van der Waals surface area contributed by atoms with Crippen molar-refractivity contribution in [2.45, 2.75) is 26.7 Å². The van der Waals surface area contributed by atoms with Crippen LogP contribution in [0.4, 0.5) is 0 Å². The Bertz CT molecular complexity index is 307. The predicted molar refractivity (Wildman–Crippen MR) is 48.7 cm³/mol. The van der Waals surface area contributed by atoms with Crippen molar-refractivity contribution >= 4 is 0 Å². The molecule has 0 saturated carbocycles. The van der Waals surface area contributed by atoms with Gasteiger partial charge in [0.1, 0.15) is 0 Å². The summed E-state index contributed by atoms with van der Waals surface area (Å²) in [6.45, 7) is 4.23. The van der Waals surface area contributed by atoms with Gasteiger partial charge in [0, 0.05) is 6.07 Å². The van der Waals surface area contributed by atoms with Crippen molar-refractivity contribution in [3.8, 4) is 6.07 Å². The predicted octanol–water partition coefficient (Wildman–Crippen LogP) is 2.48. The maximum atomic E-state index is 8.64. The van der Waals surface area contributed by atoms with E-state index in [4.69, 9.17) is 5.26 Å². The summed E-state index contributed by atoms with van der Waals surface area (Å²) in [7, 11) is 0. The van der Waals surface area contributed by atoms with Crippen LogP contribution in [0.25, 0.3) is 0 Å². The number of aryl methyl sites for hydroxylation is 2. The van der Waals surface area contributed by atoms with Crippen LogP contribution in [-0.2, 0) is 12.8 Å². The Morgan fingerprint density at radius 1 is 1.33 bits per heavy atom. The minimum atomic E-state index is 0.643. The molecular formula is C11H12N. The molecule has 0 aliphatic carbocycles. The van der Waals surface area contributed by atoms with Gasteiger partial charge in [0.2, 0.25) is 0 Å². The van der Waals surface area contributed by atoms with Gasteiger partial charge >= 0.3 is 0 Å². The molecule has 1 aromatic carbocycles. The van der Waals surface area contributed by atoms with Crippen LogP contribution < -0.4 is 0 Å². The van der Waals surface area contributed by atoms with Crippen LogP contribution in [0.1, 0.15) is 30.5 Å². The summed E-state index contributed by atoms with van der Waals surface area (Å²) in [4.78, 5) is 0. The first-order chi connectivity index (χ1) is 5.81. The molecule has 1 heteroatoms. The zero-order chi connectivity index (χ0) is 8.97. The summed E-state index contributed by atoms with van der Waals surface area (Å²) in [6.07, 6.45) is 2.01. The maximum absolute atomic E-state index is 8.64. The minimum Gasteiger partial charge on any atom is -0.192 e. The zero-order valence-electron chi connectivity index (χ0n) is 7.52. The molecule has 0 aliphatic rings. The van der Waals surface area contributed by atoms with E-state index in [9.17, 15) is 0 Å². The molecule has 0 amide bonds. The molecule has 0 fully saturated rings. The van der Waals surface area contributed by atoms with Gasteiger partial charge in [-0.15, -0.1) is 0 Å². The third kappa shape index (κ3) is 1.65. The summed E-state index contributed by atoms with van der Waals surface area (Å²) in [6, 6.07) is 8.91. The standard InChI is InChI=1S/C11H12N/c1-3-10-6-5-9(8-12)7-11(10)4-2/h6-7H,3-4H2,1-2H3. The highest BCUT2D eigenvalue weighted by atomic mass is 14.2. The van der Waals surface area contributed by atoms with Crippen molar-refractivity contribution in [3.63, 3.8) is 0 Å².